The highest BCUT2D eigenvalue weighted by atomic mass is 16.3. The van der Waals surface area contributed by atoms with Gasteiger partial charge in [0.2, 0.25) is 0 Å². The number of nitrogens with two attached hydrogens (primary N) is 1. The second-order valence-electron chi connectivity index (χ2n) is 5.31. The Hall–Kier alpha value is -1.02. The highest BCUT2D eigenvalue weighted by molar-refractivity contribution is 4.96. The van der Waals surface area contributed by atoms with Gasteiger partial charge in [-0.1, -0.05) is 5.21 Å². The van der Waals surface area contributed by atoms with E-state index in [0.717, 1.165) is 12.2 Å². The van der Waals surface area contributed by atoms with Crippen molar-refractivity contribution in [3.05, 3.63) is 11.9 Å². The summed E-state index contributed by atoms with van der Waals surface area (Å²) in [5.74, 6) is -0.0658. The highest BCUT2D eigenvalue weighted by Gasteiger charge is 2.39. The zero-order chi connectivity index (χ0) is 13.3. The zero-order valence-electron chi connectivity index (χ0n) is 10.8. The standard InChI is InChI=1S/C11H21N5O2/c1-15(2)5-8-6-16(14-13-8)4-7-3-9(12)11(18)10(7)17/h6-7,9-11,17-18H,3-5,12H2,1-2H3. The molecule has 0 bridgehead atoms. The van der Waals surface area contributed by atoms with E-state index in [1.807, 2.05) is 25.2 Å². The Morgan fingerprint density at radius 1 is 1.44 bits per heavy atom. The van der Waals surface area contributed by atoms with Crippen molar-refractivity contribution in [3.8, 4) is 0 Å². The van der Waals surface area contributed by atoms with Gasteiger partial charge in [-0.2, -0.15) is 0 Å². The fourth-order valence-electron chi connectivity index (χ4n) is 2.41. The Balaban J connectivity index is 1.96. The Bertz CT molecular complexity index is 395. The van der Waals surface area contributed by atoms with Gasteiger partial charge in [-0.05, 0) is 20.5 Å². The van der Waals surface area contributed by atoms with Crippen LogP contribution in [0.25, 0.3) is 0 Å². The van der Waals surface area contributed by atoms with Crippen molar-refractivity contribution in [3.63, 3.8) is 0 Å². The van der Waals surface area contributed by atoms with Crippen LogP contribution in [0.4, 0.5) is 0 Å². The van der Waals surface area contributed by atoms with Crippen LogP contribution in [0.3, 0.4) is 0 Å². The van der Waals surface area contributed by atoms with Gasteiger partial charge in [0.05, 0.1) is 17.9 Å². The van der Waals surface area contributed by atoms with Gasteiger partial charge in [0.1, 0.15) is 0 Å². The number of hydrogen-bond donors (Lipinski definition) is 3. The molecule has 1 fully saturated rings. The lowest BCUT2D eigenvalue weighted by Crippen LogP contribution is -2.36. The summed E-state index contributed by atoms with van der Waals surface area (Å²) >= 11 is 0. The SMILES string of the molecule is CN(C)Cc1cn(CC2CC(N)C(O)C2O)nn1. The van der Waals surface area contributed by atoms with E-state index in [9.17, 15) is 10.2 Å². The summed E-state index contributed by atoms with van der Waals surface area (Å²) in [6.07, 6.45) is 0.856. The normalized spacial score (nSPS) is 32.3. The second kappa shape index (κ2) is 5.31. The van der Waals surface area contributed by atoms with Crippen molar-refractivity contribution < 1.29 is 10.2 Å². The van der Waals surface area contributed by atoms with Gasteiger partial charge >= 0.3 is 0 Å². The van der Waals surface area contributed by atoms with Crippen LogP contribution < -0.4 is 5.73 Å². The Labute approximate surface area is 106 Å². The van der Waals surface area contributed by atoms with E-state index >= 15 is 0 Å². The maximum Gasteiger partial charge on any atom is 0.0966 e. The molecule has 1 aliphatic rings. The Morgan fingerprint density at radius 3 is 2.72 bits per heavy atom. The van der Waals surface area contributed by atoms with E-state index in [0.29, 0.717) is 13.0 Å². The summed E-state index contributed by atoms with van der Waals surface area (Å²) in [4.78, 5) is 2.01. The molecule has 0 spiro atoms. The summed E-state index contributed by atoms with van der Waals surface area (Å²) in [5, 5.41) is 27.5. The van der Waals surface area contributed by atoms with Crippen molar-refractivity contribution in [2.24, 2.45) is 11.7 Å². The fourth-order valence-corrected chi connectivity index (χ4v) is 2.41. The van der Waals surface area contributed by atoms with Crippen LogP contribution in [0.5, 0.6) is 0 Å². The third kappa shape index (κ3) is 2.86. The first-order chi connectivity index (χ1) is 8.47. The third-order valence-electron chi connectivity index (χ3n) is 3.33. The van der Waals surface area contributed by atoms with Gasteiger partial charge in [-0.3, -0.25) is 4.68 Å². The second-order valence-corrected chi connectivity index (χ2v) is 5.31. The minimum Gasteiger partial charge on any atom is -0.390 e. The number of nitrogens with zero attached hydrogens (tertiary/aromatic N) is 4. The lowest BCUT2D eigenvalue weighted by molar-refractivity contribution is 0.0113. The largest absolute Gasteiger partial charge is 0.390 e. The molecule has 102 valence electrons. The molecule has 4 N–H and O–H groups in total. The summed E-state index contributed by atoms with van der Waals surface area (Å²) < 4.78 is 1.71. The van der Waals surface area contributed by atoms with Crippen molar-refractivity contribution >= 4 is 0 Å². The van der Waals surface area contributed by atoms with Crippen LogP contribution >= 0.6 is 0 Å². The van der Waals surface area contributed by atoms with Crippen molar-refractivity contribution in [1.29, 1.82) is 0 Å². The first kappa shape index (κ1) is 13.4. The molecular formula is C11H21N5O2. The molecule has 2 rings (SSSR count). The molecule has 0 amide bonds. The monoisotopic (exact) mass is 255 g/mol. The lowest BCUT2D eigenvalue weighted by atomic mass is 10.1. The van der Waals surface area contributed by atoms with E-state index in [1.165, 1.54) is 0 Å². The van der Waals surface area contributed by atoms with Gasteiger partial charge in [0.15, 0.2) is 0 Å². The van der Waals surface area contributed by atoms with Crippen LogP contribution in [0.15, 0.2) is 6.20 Å². The fraction of sp³-hybridized carbons (Fsp3) is 0.818. The molecule has 0 radical (unpaired) electrons. The van der Waals surface area contributed by atoms with Gasteiger partial charge < -0.3 is 20.8 Å². The van der Waals surface area contributed by atoms with Crippen molar-refractivity contribution in [2.45, 2.75) is 37.8 Å². The molecule has 1 aliphatic carbocycles. The molecule has 7 nitrogen and oxygen atoms in total. The Morgan fingerprint density at radius 2 is 2.17 bits per heavy atom. The first-order valence-corrected chi connectivity index (χ1v) is 6.13. The molecule has 1 aromatic rings. The predicted molar refractivity (Wildman–Crippen MR) is 65.5 cm³/mol. The van der Waals surface area contributed by atoms with Crippen LogP contribution in [-0.4, -0.2) is 62.5 Å². The minimum absolute atomic E-state index is 0.0658. The zero-order valence-corrected chi connectivity index (χ0v) is 10.8. The molecular weight excluding hydrogens is 234 g/mol. The summed E-state index contributed by atoms with van der Waals surface area (Å²) in [6.45, 7) is 1.27. The maximum atomic E-state index is 9.84. The van der Waals surface area contributed by atoms with Crippen molar-refractivity contribution in [2.75, 3.05) is 14.1 Å². The molecule has 0 aliphatic heterocycles. The minimum atomic E-state index is -0.834. The summed E-state index contributed by atoms with van der Waals surface area (Å²) in [6, 6.07) is -0.352. The van der Waals surface area contributed by atoms with E-state index < -0.39 is 12.2 Å². The average molecular weight is 255 g/mol. The number of aliphatic hydroxyl groups is 2. The molecule has 0 saturated heterocycles. The third-order valence-corrected chi connectivity index (χ3v) is 3.33. The highest BCUT2D eigenvalue weighted by Crippen LogP contribution is 2.26. The van der Waals surface area contributed by atoms with E-state index in [-0.39, 0.29) is 12.0 Å². The van der Waals surface area contributed by atoms with Gasteiger partial charge in [0, 0.05) is 31.2 Å². The number of aromatic nitrogens is 3. The quantitative estimate of drug-likeness (QED) is 0.599. The van der Waals surface area contributed by atoms with Crippen LogP contribution in [0.2, 0.25) is 0 Å². The Kier molecular flexibility index (Phi) is 3.96. The van der Waals surface area contributed by atoms with Gasteiger partial charge in [-0.25, -0.2) is 0 Å². The predicted octanol–water partition coefficient (Wildman–Crippen LogP) is -1.59. The molecule has 7 heteroatoms. The molecule has 4 unspecified atom stereocenters. The summed E-state index contributed by atoms with van der Waals surface area (Å²) in [7, 11) is 3.93. The molecule has 0 aromatic carbocycles. The van der Waals surface area contributed by atoms with Crippen molar-refractivity contribution in [1.82, 2.24) is 19.9 Å². The van der Waals surface area contributed by atoms with Gasteiger partial charge in [0.25, 0.3) is 0 Å². The number of hydrogen-bond acceptors (Lipinski definition) is 6. The average Bonchev–Trinajstić information content (AvgIpc) is 2.80. The van der Waals surface area contributed by atoms with E-state index in [4.69, 9.17) is 5.73 Å². The van der Waals surface area contributed by atoms with Crippen LogP contribution in [0, 0.1) is 5.92 Å². The molecule has 1 heterocycles. The first-order valence-electron chi connectivity index (χ1n) is 6.13. The summed E-state index contributed by atoms with van der Waals surface area (Å²) in [5.41, 5.74) is 6.61. The molecule has 1 saturated carbocycles. The van der Waals surface area contributed by atoms with E-state index in [1.54, 1.807) is 4.68 Å². The van der Waals surface area contributed by atoms with Crippen LogP contribution in [0.1, 0.15) is 12.1 Å². The molecule has 1 aromatic heterocycles. The maximum absolute atomic E-state index is 9.84. The van der Waals surface area contributed by atoms with Crippen LogP contribution in [-0.2, 0) is 13.1 Å². The van der Waals surface area contributed by atoms with E-state index in [2.05, 4.69) is 10.3 Å². The lowest BCUT2D eigenvalue weighted by Gasteiger charge is -2.15. The molecule has 4 atom stereocenters. The smallest absolute Gasteiger partial charge is 0.0966 e. The number of aliphatic hydroxyl groups excluding tert-OH is 2. The van der Waals surface area contributed by atoms with Gasteiger partial charge in [-0.15, -0.1) is 5.10 Å². The molecule has 18 heavy (non-hydrogen) atoms. The number of rotatable bonds is 4. The topological polar surface area (TPSA) is 100 Å².